The van der Waals surface area contributed by atoms with Gasteiger partial charge < -0.3 is 4.74 Å². The SMILES string of the molecule is COC(=O)c1c(S(=O)(=O)N(C)CC(C)C)sc2c1CCN(Cc1cccc(C)c1)C2. The van der Waals surface area contributed by atoms with Gasteiger partial charge in [0.1, 0.15) is 4.21 Å². The lowest BCUT2D eigenvalue weighted by Gasteiger charge is -2.27. The van der Waals surface area contributed by atoms with Crippen molar-refractivity contribution in [1.82, 2.24) is 9.21 Å². The zero-order chi connectivity index (χ0) is 22.1. The van der Waals surface area contributed by atoms with Crippen molar-refractivity contribution in [3.8, 4) is 0 Å². The van der Waals surface area contributed by atoms with Gasteiger partial charge in [-0.3, -0.25) is 4.90 Å². The number of carbonyl (C=O) groups is 1. The Labute approximate surface area is 183 Å². The number of hydrogen-bond donors (Lipinski definition) is 0. The Kier molecular flexibility index (Phi) is 7.02. The molecule has 1 aliphatic heterocycles. The van der Waals surface area contributed by atoms with Crippen molar-refractivity contribution in [1.29, 1.82) is 0 Å². The van der Waals surface area contributed by atoms with Crippen molar-refractivity contribution in [3.05, 3.63) is 51.4 Å². The van der Waals surface area contributed by atoms with Crippen molar-refractivity contribution in [2.75, 3.05) is 27.2 Å². The summed E-state index contributed by atoms with van der Waals surface area (Å²) < 4.78 is 32.9. The van der Waals surface area contributed by atoms with Crippen LogP contribution in [0, 0.1) is 12.8 Å². The molecule has 0 saturated heterocycles. The van der Waals surface area contributed by atoms with E-state index in [2.05, 4.69) is 36.1 Å². The van der Waals surface area contributed by atoms with Crippen LogP contribution < -0.4 is 0 Å². The number of hydrogen-bond acceptors (Lipinski definition) is 6. The first-order valence-electron chi connectivity index (χ1n) is 10.1. The summed E-state index contributed by atoms with van der Waals surface area (Å²) in [4.78, 5) is 15.8. The number of benzene rings is 1. The molecule has 0 aliphatic carbocycles. The zero-order valence-electron chi connectivity index (χ0n) is 18.3. The van der Waals surface area contributed by atoms with Gasteiger partial charge in [0.2, 0.25) is 0 Å². The first-order chi connectivity index (χ1) is 14.1. The van der Waals surface area contributed by atoms with Gasteiger partial charge in [-0.25, -0.2) is 13.2 Å². The van der Waals surface area contributed by atoms with Crippen molar-refractivity contribution < 1.29 is 17.9 Å². The number of nitrogens with zero attached hydrogens (tertiary/aromatic N) is 2. The number of ether oxygens (including phenoxy) is 1. The van der Waals surface area contributed by atoms with E-state index in [1.807, 2.05) is 13.8 Å². The van der Waals surface area contributed by atoms with Gasteiger partial charge in [0, 0.05) is 38.1 Å². The van der Waals surface area contributed by atoms with Gasteiger partial charge >= 0.3 is 5.97 Å². The van der Waals surface area contributed by atoms with E-state index in [-0.39, 0.29) is 15.7 Å². The van der Waals surface area contributed by atoms with E-state index in [9.17, 15) is 13.2 Å². The molecule has 6 nitrogen and oxygen atoms in total. The Bertz CT molecular complexity index is 1030. The van der Waals surface area contributed by atoms with Gasteiger partial charge in [-0.05, 0) is 30.4 Å². The van der Waals surface area contributed by atoms with Crippen molar-refractivity contribution >= 4 is 27.3 Å². The molecule has 0 unspecified atom stereocenters. The minimum Gasteiger partial charge on any atom is -0.465 e. The molecule has 2 heterocycles. The molecular formula is C22H30N2O4S2. The third-order valence-electron chi connectivity index (χ3n) is 5.25. The summed E-state index contributed by atoms with van der Waals surface area (Å²) in [7, 11) is -0.896. The summed E-state index contributed by atoms with van der Waals surface area (Å²) in [5.74, 6) is -0.387. The van der Waals surface area contributed by atoms with Crippen LogP contribution in [0.3, 0.4) is 0 Å². The molecular weight excluding hydrogens is 420 g/mol. The Morgan fingerprint density at radius 2 is 2.07 bits per heavy atom. The van der Waals surface area contributed by atoms with Crippen LogP contribution >= 0.6 is 11.3 Å². The third-order valence-corrected chi connectivity index (χ3v) is 8.78. The monoisotopic (exact) mass is 450 g/mol. The van der Waals surface area contributed by atoms with Crippen LogP contribution in [0.15, 0.2) is 28.5 Å². The molecule has 0 N–H and O–H groups in total. The minimum atomic E-state index is -3.76. The Hall–Kier alpha value is -1.74. The molecule has 0 fully saturated rings. The summed E-state index contributed by atoms with van der Waals surface area (Å²) in [5, 5.41) is 0. The highest BCUT2D eigenvalue weighted by molar-refractivity contribution is 7.91. The summed E-state index contributed by atoms with van der Waals surface area (Å²) in [6.45, 7) is 8.59. The maximum absolute atomic E-state index is 13.3. The Balaban J connectivity index is 1.94. The number of carbonyl (C=O) groups excluding carboxylic acids is 1. The smallest absolute Gasteiger partial charge is 0.340 e. The lowest BCUT2D eigenvalue weighted by molar-refractivity contribution is 0.0595. The second kappa shape index (κ2) is 9.18. The van der Waals surface area contributed by atoms with E-state index in [4.69, 9.17) is 4.74 Å². The molecule has 1 aromatic carbocycles. The average molecular weight is 451 g/mol. The predicted molar refractivity (Wildman–Crippen MR) is 119 cm³/mol. The van der Waals surface area contributed by atoms with Crippen LogP contribution in [0.4, 0.5) is 0 Å². The number of esters is 1. The van der Waals surface area contributed by atoms with Crippen molar-refractivity contribution in [2.45, 2.75) is 44.5 Å². The molecule has 0 amide bonds. The number of sulfonamides is 1. The molecule has 8 heteroatoms. The fourth-order valence-electron chi connectivity index (χ4n) is 3.88. The number of fused-ring (bicyclic) bond motifs is 1. The van der Waals surface area contributed by atoms with Crippen LogP contribution in [-0.2, 0) is 34.3 Å². The van der Waals surface area contributed by atoms with Crippen LogP contribution in [0.25, 0.3) is 0 Å². The first kappa shape index (κ1) is 22.9. The fraction of sp³-hybridized carbons (Fsp3) is 0.500. The summed E-state index contributed by atoms with van der Waals surface area (Å²) in [6.07, 6.45) is 0.630. The van der Waals surface area contributed by atoms with Gasteiger partial charge in [-0.1, -0.05) is 43.7 Å². The fourth-order valence-corrected chi connectivity index (χ4v) is 7.33. The lowest BCUT2D eigenvalue weighted by Crippen LogP contribution is -2.31. The van der Waals surface area contributed by atoms with Gasteiger partial charge in [-0.2, -0.15) is 4.31 Å². The van der Waals surface area contributed by atoms with E-state index in [0.717, 1.165) is 23.5 Å². The molecule has 1 aliphatic rings. The topological polar surface area (TPSA) is 66.9 Å². The lowest BCUT2D eigenvalue weighted by atomic mass is 10.0. The summed E-state index contributed by atoms with van der Waals surface area (Å²) in [6, 6.07) is 8.40. The van der Waals surface area contributed by atoms with Crippen molar-refractivity contribution in [3.63, 3.8) is 0 Å². The Morgan fingerprint density at radius 1 is 1.33 bits per heavy atom. The highest BCUT2D eigenvalue weighted by Crippen LogP contribution is 2.38. The first-order valence-corrected chi connectivity index (χ1v) is 12.4. The molecule has 0 radical (unpaired) electrons. The number of rotatable bonds is 7. The van der Waals surface area contributed by atoms with Crippen molar-refractivity contribution in [2.24, 2.45) is 5.92 Å². The second-order valence-corrected chi connectivity index (χ2v) is 11.6. The highest BCUT2D eigenvalue weighted by atomic mass is 32.2. The van der Waals surface area contributed by atoms with E-state index in [0.29, 0.717) is 19.5 Å². The standard InChI is InChI=1S/C22H30N2O4S2/c1-15(2)12-23(4)30(26,27)22-20(21(25)28-5)18-9-10-24(14-19(18)29-22)13-17-8-6-7-16(3)11-17/h6-8,11,15H,9-10,12-14H2,1-5H3. The predicted octanol–water partition coefficient (Wildman–Crippen LogP) is 3.68. The largest absolute Gasteiger partial charge is 0.465 e. The van der Waals surface area contributed by atoms with Gasteiger partial charge in [-0.15, -0.1) is 11.3 Å². The van der Waals surface area contributed by atoms with Crippen LogP contribution in [0.1, 0.15) is 45.8 Å². The third kappa shape index (κ3) is 4.77. The summed E-state index contributed by atoms with van der Waals surface area (Å²) >= 11 is 1.21. The second-order valence-electron chi connectivity index (χ2n) is 8.29. The molecule has 0 bridgehead atoms. The molecule has 2 aromatic rings. The summed E-state index contributed by atoms with van der Waals surface area (Å²) in [5.41, 5.74) is 3.50. The molecule has 0 spiro atoms. The molecule has 3 rings (SSSR count). The maximum Gasteiger partial charge on any atom is 0.340 e. The number of methoxy groups -OCH3 is 1. The Morgan fingerprint density at radius 3 is 2.70 bits per heavy atom. The minimum absolute atomic E-state index is 0.111. The maximum atomic E-state index is 13.3. The number of thiophene rings is 1. The van der Waals surface area contributed by atoms with Crippen LogP contribution in [0.5, 0.6) is 0 Å². The number of aryl methyl sites for hydroxylation is 1. The highest BCUT2D eigenvalue weighted by Gasteiger charge is 2.36. The quantitative estimate of drug-likeness (QED) is 0.602. The molecule has 164 valence electrons. The van der Waals surface area contributed by atoms with Crippen LogP contribution in [-0.4, -0.2) is 50.8 Å². The molecule has 0 atom stereocenters. The molecule has 30 heavy (non-hydrogen) atoms. The van der Waals surface area contributed by atoms with Crippen LogP contribution in [0.2, 0.25) is 0 Å². The molecule has 0 saturated carbocycles. The van der Waals surface area contributed by atoms with E-state index >= 15 is 0 Å². The van der Waals surface area contributed by atoms with E-state index in [1.165, 1.54) is 33.9 Å². The normalized spacial score (nSPS) is 14.9. The average Bonchev–Trinajstić information content (AvgIpc) is 3.06. The van der Waals surface area contributed by atoms with Gasteiger partial charge in [0.05, 0.1) is 12.7 Å². The van der Waals surface area contributed by atoms with E-state index < -0.39 is 16.0 Å². The van der Waals surface area contributed by atoms with Gasteiger partial charge in [0.15, 0.2) is 0 Å². The van der Waals surface area contributed by atoms with E-state index in [1.54, 1.807) is 7.05 Å². The zero-order valence-corrected chi connectivity index (χ0v) is 19.9. The van der Waals surface area contributed by atoms with Gasteiger partial charge in [0.25, 0.3) is 10.0 Å². The molecule has 1 aromatic heterocycles.